The number of quaternary nitrogens is 1. The predicted molar refractivity (Wildman–Crippen MR) is 90.4 cm³/mol. The van der Waals surface area contributed by atoms with Gasteiger partial charge in [-0.05, 0) is 24.3 Å². The first-order valence-electron chi connectivity index (χ1n) is 7.87. The van der Waals surface area contributed by atoms with Crippen molar-refractivity contribution in [2.24, 2.45) is 11.7 Å². The molecule has 6 heteroatoms. The average molecular weight is 332 g/mol. The van der Waals surface area contributed by atoms with Gasteiger partial charge in [-0.3, -0.25) is 4.79 Å². The van der Waals surface area contributed by atoms with E-state index in [0.29, 0.717) is 0 Å². The molecule has 0 atom stereocenters. The number of carbonyl (C=O) groups excluding carboxylic acids is 1. The van der Waals surface area contributed by atoms with Crippen LogP contribution in [0.3, 0.4) is 0 Å². The summed E-state index contributed by atoms with van der Waals surface area (Å²) < 4.78 is 5.18. The van der Waals surface area contributed by atoms with Gasteiger partial charge in [0.15, 0.2) is 0 Å². The number of rotatable bonds is 5. The van der Waals surface area contributed by atoms with Gasteiger partial charge in [-0.25, -0.2) is 4.98 Å². The monoisotopic (exact) mass is 332 g/mol. The Morgan fingerprint density at radius 2 is 2.04 bits per heavy atom. The van der Waals surface area contributed by atoms with E-state index >= 15 is 0 Å². The molecular formula is C17H22N3O2S+. The van der Waals surface area contributed by atoms with E-state index in [4.69, 9.17) is 15.5 Å². The highest BCUT2D eigenvalue weighted by Crippen LogP contribution is 2.25. The van der Waals surface area contributed by atoms with Crippen LogP contribution in [0.5, 0.6) is 5.75 Å². The summed E-state index contributed by atoms with van der Waals surface area (Å²) in [6.07, 6.45) is 1.78. The first-order chi connectivity index (χ1) is 11.2. The first-order valence-corrected chi connectivity index (χ1v) is 8.75. The maximum atomic E-state index is 11.2. The molecule has 1 aromatic carbocycles. The van der Waals surface area contributed by atoms with Crippen LogP contribution < -0.4 is 15.4 Å². The molecule has 1 amide bonds. The lowest BCUT2D eigenvalue weighted by atomic mass is 9.96. The van der Waals surface area contributed by atoms with Crippen molar-refractivity contribution in [2.75, 3.05) is 20.2 Å². The SMILES string of the molecule is COc1ccc(-c2nc(C[NH+]3CCC(C(N)=O)CC3)cs2)cc1. The predicted octanol–water partition coefficient (Wildman–Crippen LogP) is 1.10. The minimum atomic E-state index is -0.153. The third-order valence-electron chi connectivity index (χ3n) is 4.41. The number of likely N-dealkylation sites (tertiary alicyclic amines) is 1. The first kappa shape index (κ1) is 16.0. The van der Waals surface area contributed by atoms with E-state index in [0.717, 1.165) is 54.5 Å². The molecular weight excluding hydrogens is 310 g/mol. The summed E-state index contributed by atoms with van der Waals surface area (Å²) in [5.41, 5.74) is 7.62. The van der Waals surface area contributed by atoms with E-state index in [1.54, 1.807) is 18.4 Å². The molecule has 3 N–H and O–H groups in total. The topological polar surface area (TPSA) is 69.7 Å². The molecule has 1 aliphatic rings. The summed E-state index contributed by atoms with van der Waals surface area (Å²) in [4.78, 5) is 17.4. The van der Waals surface area contributed by atoms with Crippen LogP contribution in [0.1, 0.15) is 18.5 Å². The minimum Gasteiger partial charge on any atom is -0.497 e. The average Bonchev–Trinajstić information content (AvgIpc) is 3.04. The molecule has 0 unspecified atom stereocenters. The fourth-order valence-electron chi connectivity index (χ4n) is 3.00. The van der Waals surface area contributed by atoms with Gasteiger partial charge in [0.1, 0.15) is 23.0 Å². The molecule has 1 aliphatic heterocycles. The third-order valence-corrected chi connectivity index (χ3v) is 5.36. The highest BCUT2D eigenvalue weighted by molar-refractivity contribution is 7.13. The van der Waals surface area contributed by atoms with Gasteiger partial charge in [0, 0.05) is 29.7 Å². The molecule has 0 spiro atoms. The second-order valence-corrected chi connectivity index (χ2v) is 6.83. The zero-order valence-electron chi connectivity index (χ0n) is 13.2. The van der Waals surface area contributed by atoms with Crippen molar-refractivity contribution in [2.45, 2.75) is 19.4 Å². The Morgan fingerprint density at radius 3 is 2.65 bits per heavy atom. The minimum absolute atomic E-state index is 0.0593. The largest absolute Gasteiger partial charge is 0.497 e. The standard InChI is InChI=1S/C17H21N3O2S/c1-22-15-4-2-13(3-5-15)17-19-14(11-23-17)10-20-8-6-12(7-9-20)16(18)21/h2-5,11-12H,6-10H2,1H3,(H2,18,21)/p+1. The fourth-order valence-corrected chi connectivity index (χ4v) is 3.82. The van der Waals surface area contributed by atoms with E-state index in [2.05, 4.69) is 5.38 Å². The van der Waals surface area contributed by atoms with E-state index in [-0.39, 0.29) is 11.8 Å². The summed E-state index contributed by atoms with van der Waals surface area (Å²) in [6, 6.07) is 7.98. The number of hydrogen-bond donors (Lipinski definition) is 2. The molecule has 3 rings (SSSR count). The molecule has 0 aliphatic carbocycles. The molecule has 0 saturated carbocycles. The molecule has 0 radical (unpaired) electrons. The number of nitrogens with one attached hydrogen (secondary N) is 1. The number of methoxy groups -OCH3 is 1. The number of hydrogen-bond acceptors (Lipinski definition) is 4. The molecule has 5 nitrogen and oxygen atoms in total. The van der Waals surface area contributed by atoms with Gasteiger partial charge >= 0.3 is 0 Å². The van der Waals surface area contributed by atoms with Gasteiger partial charge in [-0.15, -0.1) is 11.3 Å². The summed E-state index contributed by atoms with van der Waals surface area (Å²) in [5, 5.41) is 3.17. The summed E-state index contributed by atoms with van der Waals surface area (Å²) in [7, 11) is 1.67. The van der Waals surface area contributed by atoms with Crippen LogP contribution in [0.15, 0.2) is 29.6 Å². The van der Waals surface area contributed by atoms with E-state index < -0.39 is 0 Å². The zero-order valence-corrected chi connectivity index (χ0v) is 14.1. The number of primary amides is 1. The molecule has 23 heavy (non-hydrogen) atoms. The lowest BCUT2D eigenvalue weighted by molar-refractivity contribution is -0.919. The van der Waals surface area contributed by atoms with E-state index in [9.17, 15) is 4.79 Å². The normalized spacial score (nSPS) is 21.1. The quantitative estimate of drug-likeness (QED) is 0.861. The second-order valence-electron chi connectivity index (χ2n) is 5.98. The lowest BCUT2D eigenvalue weighted by Gasteiger charge is -2.27. The van der Waals surface area contributed by atoms with Crippen LogP contribution in [0.4, 0.5) is 0 Å². The van der Waals surface area contributed by atoms with Gasteiger partial charge in [0.2, 0.25) is 5.91 Å². The van der Waals surface area contributed by atoms with Crippen molar-refractivity contribution < 1.29 is 14.4 Å². The number of nitrogens with two attached hydrogens (primary N) is 1. The number of amides is 1. The molecule has 0 bridgehead atoms. The molecule has 2 aromatic rings. The summed E-state index contributed by atoms with van der Waals surface area (Å²) >= 11 is 1.67. The van der Waals surface area contributed by atoms with Crippen molar-refractivity contribution in [3.8, 4) is 16.3 Å². The molecule has 2 heterocycles. The van der Waals surface area contributed by atoms with Crippen molar-refractivity contribution in [3.63, 3.8) is 0 Å². The van der Waals surface area contributed by atoms with Crippen LogP contribution in [-0.4, -0.2) is 31.1 Å². The Balaban J connectivity index is 1.60. The zero-order chi connectivity index (χ0) is 16.2. The molecule has 1 saturated heterocycles. The van der Waals surface area contributed by atoms with Gasteiger partial charge in [-0.2, -0.15) is 0 Å². The summed E-state index contributed by atoms with van der Waals surface area (Å²) in [5.74, 6) is 0.760. The maximum Gasteiger partial charge on any atom is 0.220 e. The summed E-state index contributed by atoms with van der Waals surface area (Å²) in [6.45, 7) is 2.89. The Morgan fingerprint density at radius 1 is 1.35 bits per heavy atom. The Kier molecular flexibility index (Phi) is 4.93. The number of carbonyl (C=O) groups is 1. The number of thiazole rings is 1. The third kappa shape index (κ3) is 3.89. The smallest absolute Gasteiger partial charge is 0.220 e. The highest BCUT2D eigenvalue weighted by Gasteiger charge is 2.26. The van der Waals surface area contributed by atoms with Crippen LogP contribution >= 0.6 is 11.3 Å². The van der Waals surface area contributed by atoms with Crippen molar-refractivity contribution in [1.82, 2.24) is 4.98 Å². The molecule has 1 aromatic heterocycles. The van der Waals surface area contributed by atoms with E-state index in [1.165, 1.54) is 4.90 Å². The van der Waals surface area contributed by atoms with Gasteiger partial charge in [0.25, 0.3) is 0 Å². The second kappa shape index (κ2) is 7.10. The van der Waals surface area contributed by atoms with Crippen LogP contribution in [0.2, 0.25) is 0 Å². The highest BCUT2D eigenvalue weighted by atomic mass is 32.1. The molecule has 122 valence electrons. The van der Waals surface area contributed by atoms with Crippen LogP contribution in [0.25, 0.3) is 10.6 Å². The van der Waals surface area contributed by atoms with E-state index in [1.807, 2.05) is 24.3 Å². The Labute approximate surface area is 140 Å². The van der Waals surface area contributed by atoms with Crippen LogP contribution in [0, 0.1) is 5.92 Å². The Hall–Kier alpha value is -1.92. The molecule has 1 fully saturated rings. The number of benzene rings is 1. The van der Waals surface area contributed by atoms with Gasteiger partial charge in [0.05, 0.1) is 20.2 Å². The van der Waals surface area contributed by atoms with Crippen molar-refractivity contribution >= 4 is 17.2 Å². The number of aromatic nitrogens is 1. The van der Waals surface area contributed by atoms with Crippen LogP contribution in [-0.2, 0) is 11.3 Å². The van der Waals surface area contributed by atoms with Crippen molar-refractivity contribution in [1.29, 1.82) is 0 Å². The number of piperidine rings is 1. The number of nitrogens with zero attached hydrogens (tertiary/aromatic N) is 1. The maximum absolute atomic E-state index is 11.2. The number of ether oxygens (including phenoxy) is 1. The Bertz CT molecular complexity index is 661. The van der Waals surface area contributed by atoms with Gasteiger partial charge < -0.3 is 15.4 Å². The lowest BCUT2D eigenvalue weighted by Crippen LogP contribution is -3.11. The fraction of sp³-hybridized carbons (Fsp3) is 0.412. The van der Waals surface area contributed by atoms with Gasteiger partial charge in [-0.1, -0.05) is 0 Å². The van der Waals surface area contributed by atoms with Crippen molar-refractivity contribution in [3.05, 3.63) is 35.3 Å².